The second kappa shape index (κ2) is 15.2. The van der Waals surface area contributed by atoms with Gasteiger partial charge in [0, 0.05) is 31.5 Å². The van der Waals surface area contributed by atoms with Crippen LogP contribution in [-0.2, 0) is 12.4 Å². The fraction of sp³-hybridized carbons (Fsp3) is 0.308. The molecule has 4 heterocycles. The van der Waals surface area contributed by atoms with Gasteiger partial charge in [-0.05, 0) is 55.8 Å². The molecule has 4 aromatic rings. The van der Waals surface area contributed by atoms with Crippen molar-refractivity contribution in [2.24, 2.45) is 0 Å². The van der Waals surface area contributed by atoms with Crippen LogP contribution < -0.4 is 20.1 Å². The van der Waals surface area contributed by atoms with Gasteiger partial charge in [0.05, 0.1) is 22.5 Å². The molecule has 2 N–H and O–H groups in total. The van der Waals surface area contributed by atoms with Crippen LogP contribution >= 0.6 is 39.1 Å². The maximum atomic E-state index is 12.6. The van der Waals surface area contributed by atoms with E-state index in [1.54, 1.807) is 27.7 Å². The highest BCUT2D eigenvalue weighted by Gasteiger charge is 2.33. The Morgan fingerprint density at radius 3 is 1.70 bits per heavy atom. The Balaban J connectivity index is 0.000000256. The monoisotopic (exact) mass is 774 g/mol. The van der Waals surface area contributed by atoms with E-state index in [1.165, 1.54) is 6.07 Å². The molecule has 0 aliphatic carbocycles. The molecule has 0 aliphatic rings. The van der Waals surface area contributed by atoms with E-state index in [0.29, 0.717) is 53.5 Å². The number of rotatable bonds is 6. The number of pyridine rings is 2. The number of carbonyl (C=O) groups excluding carboxylic acids is 2. The molecule has 21 heteroatoms. The van der Waals surface area contributed by atoms with Gasteiger partial charge in [-0.3, -0.25) is 0 Å². The molecule has 0 aliphatic heterocycles. The number of amides is 2. The zero-order chi connectivity index (χ0) is 35.3. The van der Waals surface area contributed by atoms with Crippen LogP contribution in [0.4, 0.5) is 35.9 Å². The molecule has 12 nitrogen and oxygen atoms in total. The van der Waals surface area contributed by atoms with Gasteiger partial charge >= 0.3 is 24.4 Å². The van der Waals surface area contributed by atoms with Crippen molar-refractivity contribution in [1.29, 1.82) is 0 Å². The summed E-state index contributed by atoms with van der Waals surface area (Å²) in [6.07, 6.45) is -7.91. The molecule has 0 radical (unpaired) electrons. The molecule has 0 saturated heterocycles. The average Bonchev–Trinajstić information content (AvgIpc) is 3.48. The number of carbonyl (C=O) groups is 2. The molecule has 0 bridgehead atoms. The first kappa shape index (κ1) is 37.4. The van der Waals surface area contributed by atoms with E-state index in [9.17, 15) is 35.9 Å². The summed E-state index contributed by atoms with van der Waals surface area (Å²) in [6.45, 7) is 7.55. The first-order valence-electron chi connectivity index (χ1n) is 13.1. The van der Waals surface area contributed by atoms with Gasteiger partial charge in [-0.15, -0.1) is 10.2 Å². The van der Waals surface area contributed by atoms with Crippen LogP contribution in [0.5, 0.6) is 23.5 Å². The van der Waals surface area contributed by atoms with Crippen LogP contribution in [0.3, 0.4) is 0 Å². The third kappa shape index (κ3) is 9.48. The predicted molar refractivity (Wildman–Crippen MR) is 159 cm³/mol. The molecule has 0 spiro atoms. The Labute approximate surface area is 280 Å². The SMILES string of the molecule is CCNC(=O)n1nc(Oc2ncc(C(F)(F)F)cc2Cl)c(Br)c1C.CCNC(=O)n1nc(Oc2ncc(C(F)(F)F)cc2Cl)cc1C. The van der Waals surface area contributed by atoms with Crippen LogP contribution in [0.15, 0.2) is 35.1 Å². The first-order valence-corrected chi connectivity index (χ1v) is 14.6. The van der Waals surface area contributed by atoms with Gasteiger partial charge in [-0.2, -0.15) is 35.7 Å². The summed E-state index contributed by atoms with van der Waals surface area (Å²) in [5.74, 6) is -0.554. The van der Waals surface area contributed by atoms with Gasteiger partial charge in [0.2, 0.25) is 17.6 Å². The normalized spacial score (nSPS) is 11.4. The van der Waals surface area contributed by atoms with E-state index in [2.05, 4.69) is 46.7 Å². The minimum Gasteiger partial charge on any atom is -0.417 e. The molecule has 0 atom stereocenters. The van der Waals surface area contributed by atoms with Gasteiger partial charge in [-0.25, -0.2) is 19.6 Å². The lowest BCUT2D eigenvalue weighted by Gasteiger charge is -2.08. The zero-order valence-electron chi connectivity index (χ0n) is 24.5. The molecule has 0 unspecified atom stereocenters. The van der Waals surface area contributed by atoms with Crippen LogP contribution in [0.2, 0.25) is 10.0 Å². The van der Waals surface area contributed by atoms with Crippen LogP contribution in [0.1, 0.15) is 36.4 Å². The van der Waals surface area contributed by atoms with Crippen molar-refractivity contribution in [2.75, 3.05) is 13.1 Å². The molecule has 0 aromatic carbocycles. The second-order valence-corrected chi connectivity index (χ2v) is 10.7. The maximum Gasteiger partial charge on any atom is 0.417 e. The molecule has 0 saturated carbocycles. The highest BCUT2D eigenvalue weighted by molar-refractivity contribution is 9.10. The molecule has 4 rings (SSSR count). The number of hydrogen-bond donors (Lipinski definition) is 2. The Kier molecular flexibility index (Phi) is 12.1. The molecular formula is C26H23BrCl2F6N8O4. The number of aromatic nitrogens is 6. The number of halogens is 9. The van der Waals surface area contributed by atoms with E-state index >= 15 is 0 Å². The van der Waals surface area contributed by atoms with E-state index in [1.807, 2.05) is 0 Å². The van der Waals surface area contributed by atoms with E-state index < -0.39 is 35.5 Å². The summed E-state index contributed by atoms with van der Waals surface area (Å²) >= 11 is 14.7. The fourth-order valence-electron chi connectivity index (χ4n) is 3.38. The van der Waals surface area contributed by atoms with Crippen molar-refractivity contribution in [1.82, 2.24) is 40.2 Å². The van der Waals surface area contributed by atoms with Gasteiger partial charge in [-0.1, -0.05) is 23.2 Å². The molecule has 254 valence electrons. The lowest BCUT2D eigenvalue weighted by atomic mass is 10.3. The molecule has 4 aromatic heterocycles. The van der Waals surface area contributed by atoms with Crippen molar-refractivity contribution in [3.05, 3.63) is 67.6 Å². The Hall–Kier alpha value is -4.10. The number of nitrogens with one attached hydrogen (secondary N) is 2. The number of alkyl halides is 6. The molecular weight excluding hydrogens is 753 g/mol. The smallest absolute Gasteiger partial charge is 0.417 e. The van der Waals surface area contributed by atoms with Gasteiger partial charge in [0.1, 0.15) is 14.5 Å². The first-order chi connectivity index (χ1) is 21.9. The van der Waals surface area contributed by atoms with E-state index in [-0.39, 0.29) is 33.6 Å². The van der Waals surface area contributed by atoms with E-state index in [4.69, 9.17) is 32.7 Å². The quantitative estimate of drug-likeness (QED) is 0.188. The van der Waals surface area contributed by atoms with Crippen molar-refractivity contribution < 1.29 is 45.4 Å². The summed E-state index contributed by atoms with van der Waals surface area (Å²) in [5.41, 5.74) is -1.06. The van der Waals surface area contributed by atoms with Gasteiger partial charge in [0.15, 0.2) is 0 Å². The summed E-state index contributed by atoms with van der Waals surface area (Å²) in [7, 11) is 0. The molecule has 47 heavy (non-hydrogen) atoms. The van der Waals surface area contributed by atoms with Crippen LogP contribution in [0, 0.1) is 13.8 Å². The predicted octanol–water partition coefficient (Wildman–Crippen LogP) is 8.02. The summed E-state index contributed by atoms with van der Waals surface area (Å²) in [6, 6.07) is 1.91. The summed E-state index contributed by atoms with van der Waals surface area (Å²) in [4.78, 5) is 30.7. The minimum absolute atomic E-state index is 0.0112. The van der Waals surface area contributed by atoms with E-state index in [0.717, 1.165) is 9.36 Å². The number of hydrogen-bond acceptors (Lipinski definition) is 8. The third-order valence-electron chi connectivity index (χ3n) is 5.58. The highest BCUT2D eigenvalue weighted by Crippen LogP contribution is 2.37. The number of ether oxygens (including phenoxy) is 2. The third-order valence-corrected chi connectivity index (χ3v) is 7.04. The summed E-state index contributed by atoms with van der Waals surface area (Å²) < 4.78 is 88.5. The van der Waals surface area contributed by atoms with Crippen LogP contribution in [-0.4, -0.2) is 54.7 Å². The van der Waals surface area contributed by atoms with Crippen molar-refractivity contribution in [2.45, 2.75) is 40.0 Å². The Bertz CT molecular complexity index is 1760. The molecule has 2 amide bonds. The lowest BCUT2D eigenvalue weighted by Crippen LogP contribution is -2.29. The standard InChI is InChI=1S/C13H11BrClF3N4O2.C13H12ClF3N4O2/c1-3-19-12(23)22-6(2)9(14)11(21-22)24-10-8(15)4-7(5-20-10)13(16,17)18;1-3-18-12(22)21-7(2)4-10(20-21)23-11-9(14)5-8(6-19-11)13(15,16)17/h4-5H,3H2,1-2H3,(H,19,23);4-6H,3H2,1-2H3,(H,18,22). The second-order valence-electron chi connectivity index (χ2n) is 9.04. The topological polar surface area (TPSA) is 138 Å². The lowest BCUT2D eigenvalue weighted by molar-refractivity contribution is -0.138. The number of aryl methyl sites for hydroxylation is 1. The highest BCUT2D eigenvalue weighted by atomic mass is 79.9. The number of nitrogens with zero attached hydrogens (tertiary/aromatic N) is 6. The van der Waals surface area contributed by atoms with Crippen LogP contribution in [0.25, 0.3) is 0 Å². The fourth-order valence-corrected chi connectivity index (χ4v) is 4.11. The summed E-state index contributed by atoms with van der Waals surface area (Å²) in [5, 5.41) is 12.3. The van der Waals surface area contributed by atoms with Crippen molar-refractivity contribution in [3.63, 3.8) is 0 Å². The zero-order valence-corrected chi connectivity index (χ0v) is 27.6. The van der Waals surface area contributed by atoms with Crippen molar-refractivity contribution >= 4 is 51.2 Å². The van der Waals surface area contributed by atoms with Gasteiger partial charge in [0.25, 0.3) is 5.88 Å². The average molecular weight is 776 g/mol. The minimum atomic E-state index is -4.56. The van der Waals surface area contributed by atoms with Gasteiger partial charge < -0.3 is 20.1 Å². The van der Waals surface area contributed by atoms with Crippen molar-refractivity contribution in [3.8, 4) is 23.5 Å². The largest absolute Gasteiger partial charge is 0.417 e. The molecule has 0 fully saturated rings. The Morgan fingerprint density at radius 1 is 0.787 bits per heavy atom. The maximum absolute atomic E-state index is 12.6. The Morgan fingerprint density at radius 2 is 1.26 bits per heavy atom.